The first-order chi connectivity index (χ1) is 17.3. The van der Waals surface area contributed by atoms with E-state index >= 15 is 0 Å². The van der Waals surface area contributed by atoms with Gasteiger partial charge < -0.3 is 23.6 Å². The summed E-state index contributed by atoms with van der Waals surface area (Å²) in [5.41, 5.74) is 2.49. The second-order valence-corrected chi connectivity index (χ2v) is 10.9. The van der Waals surface area contributed by atoms with Gasteiger partial charge in [0.05, 0.1) is 48.0 Å². The molecule has 188 valence electrons. The minimum Gasteiger partial charge on any atom is -0.462 e. The Kier molecular flexibility index (Phi) is 5.45. The number of rotatable bonds is 3. The van der Waals surface area contributed by atoms with Crippen LogP contribution in [0.25, 0.3) is 11.4 Å². The molecule has 2 aromatic heterocycles. The van der Waals surface area contributed by atoms with Crippen LogP contribution in [0.5, 0.6) is 0 Å². The van der Waals surface area contributed by atoms with Crippen LogP contribution in [-0.2, 0) is 27.1 Å². The van der Waals surface area contributed by atoms with E-state index in [0.29, 0.717) is 55.2 Å². The van der Waals surface area contributed by atoms with Gasteiger partial charge in [-0.3, -0.25) is 5.32 Å². The molecule has 2 unspecified atom stereocenters. The van der Waals surface area contributed by atoms with Crippen molar-refractivity contribution in [3.63, 3.8) is 0 Å². The summed E-state index contributed by atoms with van der Waals surface area (Å²) in [4.78, 5) is 36.9. The highest BCUT2D eigenvalue weighted by Crippen LogP contribution is 2.43. The Morgan fingerprint density at radius 3 is 2.89 bits per heavy atom. The summed E-state index contributed by atoms with van der Waals surface area (Å²) in [6.07, 6.45) is 0.672. The molecule has 1 aromatic carbocycles. The third-order valence-corrected chi connectivity index (χ3v) is 7.35. The lowest BCUT2D eigenvalue weighted by Gasteiger charge is -2.43. The number of morpholine rings is 1. The first-order valence-electron chi connectivity index (χ1n) is 11.8. The van der Waals surface area contributed by atoms with Gasteiger partial charge in [0.25, 0.3) is 0 Å². The molecule has 1 N–H and O–H groups in total. The highest BCUT2D eigenvalue weighted by Gasteiger charge is 2.43. The van der Waals surface area contributed by atoms with Crippen LogP contribution in [-0.4, -0.2) is 58.7 Å². The molecule has 12 heteroatoms. The van der Waals surface area contributed by atoms with Crippen molar-refractivity contribution in [1.29, 1.82) is 0 Å². The van der Waals surface area contributed by atoms with Crippen LogP contribution in [0, 0.1) is 0 Å². The summed E-state index contributed by atoms with van der Waals surface area (Å²) in [5.74, 6) is 0.0935. The van der Waals surface area contributed by atoms with Crippen LogP contribution in [0.1, 0.15) is 53.3 Å². The Bertz CT molecular complexity index is 1340. The Hall–Kier alpha value is -3.51. The molecule has 3 aliphatic rings. The zero-order valence-corrected chi connectivity index (χ0v) is 20.9. The zero-order chi connectivity index (χ0) is 25.0. The van der Waals surface area contributed by atoms with Gasteiger partial charge in [0, 0.05) is 18.4 Å². The number of ether oxygens (including phenoxy) is 3. The zero-order valence-electron chi connectivity index (χ0n) is 20.1. The number of anilines is 2. The Balaban J connectivity index is 1.29. The molecule has 0 saturated carbocycles. The van der Waals surface area contributed by atoms with Crippen molar-refractivity contribution in [2.75, 3.05) is 30.0 Å². The third-order valence-electron chi connectivity index (χ3n) is 6.24. The van der Waals surface area contributed by atoms with Gasteiger partial charge in [-0.1, -0.05) is 28.6 Å². The highest BCUT2D eigenvalue weighted by molar-refractivity contribution is 7.16. The molecule has 1 fully saturated rings. The average molecular weight is 512 g/mol. The molecule has 5 heterocycles. The van der Waals surface area contributed by atoms with E-state index in [2.05, 4.69) is 20.4 Å². The minimum atomic E-state index is -0.601. The number of amides is 1. The van der Waals surface area contributed by atoms with E-state index in [1.165, 1.54) is 11.3 Å². The second-order valence-electron chi connectivity index (χ2n) is 9.89. The molecule has 0 spiro atoms. The topological polar surface area (TPSA) is 129 Å². The smallest absolute Gasteiger partial charge is 0.413 e. The number of fused-ring (bicyclic) bond motifs is 5. The second kappa shape index (κ2) is 8.56. The summed E-state index contributed by atoms with van der Waals surface area (Å²) in [6, 6.07) is 5.61. The number of hydrogen-bond donors (Lipinski definition) is 1. The number of hydrogen-bond acceptors (Lipinski definition) is 11. The SMILES string of the molecule is CC(C)(C)OC(=O)Nc1nc2c(s1)C1COCC(C2)N1c1nc(-c2cccc3c2CCOC3=O)no1. The average Bonchev–Trinajstić information content (AvgIpc) is 3.44. The van der Waals surface area contributed by atoms with E-state index in [1.54, 1.807) is 12.1 Å². The van der Waals surface area contributed by atoms with Gasteiger partial charge in [0.15, 0.2) is 5.13 Å². The van der Waals surface area contributed by atoms with Crippen LogP contribution in [0.2, 0.25) is 0 Å². The maximum atomic E-state index is 12.3. The number of nitrogens with one attached hydrogen (secondary N) is 1. The highest BCUT2D eigenvalue weighted by atomic mass is 32.1. The van der Waals surface area contributed by atoms with Gasteiger partial charge in [-0.2, -0.15) is 4.98 Å². The number of esters is 1. The summed E-state index contributed by atoms with van der Waals surface area (Å²) < 4.78 is 22.1. The summed E-state index contributed by atoms with van der Waals surface area (Å²) >= 11 is 1.39. The van der Waals surface area contributed by atoms with E-state index < -0.39 is 11.7 Å². The lowest BCUT2D eigenvalue weighted by molar-refractivity contribution is 0.0480. The maximum absolute atomic E-state index is 12.3. The molecular weight excluding hydrogens is 486 g/mol. The monoisotopic (exact) mass is 511 g/mol. The summed E-state index contributed by atoms with van der Waals surface area (Å²) in [5, 5.41) is 7.48. The molecule has 11 nitrogen and oxygen atoms in total. The Labute approximate surface area is 210 Å². The van der Waals surface area contributed by atoms with E-state index in [-0.39, 0.29) is 18.1 Å². The summed E-state index contributed by atoms with van der Waals surface area (Å²) in [7, 11) is 0. The molecule has 2 atom stereocenters. The first-order valence-corrected chi connectivity index (χ1v) is 12.6. The predicted molar refractivity (Wildman–Crippen MR) is 129 cm³/mol. The van der Waals surface area contributed by atoms with Crippen molar-refractivity contribution in [3.8, 4) is 11.4 Å². The van der Waals surface area contributed by atoms with E-state index in [0.717, 1.165) is 21.7 Å². The van der Waals surface area contributed by atoms with E-state index in [1.807, 2.05) is 26.8 Å². The normalized spacial score (nSPS) is 20.9. The van der Waals surface area contributed by atoms with Crippen molar-refractivity contribution in [3.05, 3.63) is 39.9 Å². The van der Waals surface area contributed by atoms with E-state index in [9.17, 15) is 9.59 Å². The molecule has 36 heavy (non-hydrogen) atoms. The van der Waals surface area contributed by atoms with Crippen LogP contribution >= 0.6 is 11.3 Å². The Morgan fingerprint density at radius 2 is 2.06 bits per heavy atom. The largest absolute Gasteiger partial charge is 0.462 e. The number of cyclic esters (lactones) is 1. The number of nitrogens with zero attached hydrogens (tertiary/aromatic N) is 4. The Morgan fingerprint density at radius 1 is 1.22 bits per heavy atom. The lowest BCUT2D eigenvalue weighted by Crippen LogP contribution is -2.51. The maximum Gasteiger partial charge on any atom is 0.413 e. The standard InChI is InChI=1S/C24H25N5O6S/c1-24(2,3)34-23(31)27-21-25-16-9-12-10-32-11-17(18(16)36-21)29(12)22-26-19(28-35-22)14-5-4-6-15-13(14)7-8-33-20(15)30/h4-6,12,17H,7-11H2,1-3H3,(H,25,27,31). The van der Waals surface area contributed by atoms with Crippen molar-refractivity contribution in [2.24, 2.45) is 0 Å². The van der Waals surface area contributed by atoms with Gasteiger partial charge in [0.1, 0.15) is 5.60 Å². The number of benzene rings is 1. The van der Waals surface area contributed by atoms with Gasteiger partial charge in [-0.15, -0.1) is 0 Å². The molecular formula is C24H25N5O6S. The van der Waals surface area contributed by atoms with Crippen molar-refractivity contribution in [1.82, 2.24) is 15.1 Å². The third kappa shape index (κ3) is 4.09. The minimum absolute atomic E-state index is 0.0410. The predicted octanol–water partition coefficient (Wildman–Crippen LogP) is 3.76. The van der Waals surface area contributed by atoms with Crippen molar-refractivity contribution < 1.29 is 28.3 Å². The van der Waals surface area contributed by atoms with Crippen LogP contribution in [0.3, 0.4) is 0 Å². The van der Waals surface area contributed by atoms with Crippen LogP contribution in [0.15, 0.2) is 22.7 Å². The van der Waals surface area contributed by atoms with E-state index in [4.69, 9.17) is 23.7 Å². The number of carbonyl (C=O) groups is 2. The van der Waals surface area contributed by atoms with Crippen LogP contribution < -0.4 is 10.2 Å². The molecule has 3 aromatic rings. The molecule has 0 radical (unpaired) electrons. The van der Waals surface area contributed by atoms with Gasteiger partial charge in [0.2, 0.25) is 5.82 Å². The molecule has 6 rings (SSSR count). The van der Waals surface area contributed by atoms with Gasteiger partial charge >= 0.3 is 18.1 Å². The fourth-order valence-corrected chi connectivity index (χ4v) is 5.89. The van der Waals surface area contributed by atoms with Gasteiger partial charge in [-0.05, 0) is 32.4 Å². The molecule has 1 saturated heterocycles. The number of aromatic nitrogens is 3. The van der Waals surface area contributed by atoms with Crippen molar-refractivity contribution >= 4 is 34.5 Å². The van der Waals surface area contributed by atoms with Crippen molar-refractivity contribution in [2.45, 2.75) is 51.3 Å². The molecule has 2 bridgehead atoms. The summed E-state index contributed by atoms with van der Waals surface area (Å²) in [6.45, 7) is 6.69. The lowest BCUT2D eigenvalue weighted by atomic mass is 9.96. The fourth-order valence-electron chi connectivity index (χ4n) is 4.83. The first kappa shape index (κ1) is 22.9. The molecule has 0 aliphatic carbocycles. The molecule has 3 aliphatic heterocycles. The number of carbonyl (C=O) groups excluding carboxylic acids is 2. The van der Waals surface area contributed by atoms with Gasteiger partial charge in [-0.25, -0.2) is 14.6 Å². The fraction of sp³-hybridized carbons (Fsp3) is 0.458. The van der Waals surface area contributed by atoms with Crippen LogP contribution in [0.4, 0.5) is 15.9 Å². The quantitative estimate of drug-likeness (QED) is 0.519. The molecule has 1 amide bonds. The number of thiazole rings is 1.